The molecule has 2 unspecified atom stereocenters. The van der Waals surface area contributed by atoms with E-state index in [1.807, 2.05) is 4.90 Å². The summed E-state index contributed by atoms with van der Waals surface area (Å²) >= 11 is 0.898. The molecule has 2 aliphatic rings. The Balaban J connectivity index is 1.62. The lowest BCUT2D eigenvalue weighted by atomic mass is 9.78. The Bertz CT molecular complexity index is 604. The summed E-state index contributed by atoms with van der Waals surface area (Å²) in [5, 5.41) is 6.40. The van der Waals surface area contributed by atoms with Crippen molar-refractivity contribution in [1.29, 1.82) is 0 Å². The highest BCUT2D eigenvalue weighted by molar-refractivity contribution is 7.99. The number of carbonyl (C=O) groups is 1. The molecule has 2 atom stereocenters. The van der Waals surface area contributed by atoms with Gasteiger partial charge in [0.1, 0.15) is 0 Å². The number of rotatable bonds is 3. The van der Waals surface area contributed by atoms with Crippen molar-refractivity contribution in [2.45, 2.75) is 55.9 Å². The summed E-state index contributed by atoms with van der Waals surface area (Å²) in [5.41, 5.74) is 0. The number of amides is 1. The van der Waals surface area contributed by atoms with Crippen molar-refractivity contribution in [3.63, 3.8) is 0 Å². The van der Waals surface area contributed by atoms with E-state index in [0.29, 0.717) is 10.6 Å². The number of likely N-dealkylation sites (tertiary alicyclic amines) is 1. The number of nitrogens with two attached hydrogens (primary N) is 1. The van der Waals surface area contributed by atoms with E-state index < -0.39 is 12.0 Å². The van der Waals surface area contributed by atoms with Gasteiger partial charge in [-0.2, -0.15) is 13.2 Å². The molecule has 1 aliphatic carbocycles. The van der Waals surface area contributed by atoms with E-state index in [1.54, 1.807) is 0 Å². The zero-order valence-corrected chi connectivity index (χ0v) is 13.9. The summed E-state index contributed by atoms with van der Waals surface area (Å²) in [7, 11) is 0. The highest BCUT2D eigenvalue weighted by Gasteiger charge is 2.39. The molecule has 24 heavy (non-hydrogen) atoms. The Morgan fingerprint density at radius 1 is 1.21 bits per heavy atom. The first-order valence-electron chi connectivity index (χ1n) is 8.08. The second kappa shape index (κ2) is 6.81. The summed E-state index contributed by atoms with van der Waals surface area (Å²) in [6, 6.07) is 0.280. The number of piperidine rings is 1. The number of nitrogens with zero attached hydrogens (tertiary/aromatic N) is 4. The molecule has 134 valence electrons. The van der Waals surface area contributed by atoms with Crippen LogP contribution in [0.3, 0.4) is 0 Å². The fourth-order valence-corrected chi connectivity index (χ4v) is 4.45. The Labute approximate surface area is 141 Å². The zero-order valence-electron chi connectivity index (χ0n) is 13.1. The average molecular weight is 363 g/mol. The van der Waals surface area contributed by atoms with Gasteiger partial charge in [0, 0.05) is 12.6 Å². The number of aromatic nitrogens is 3. The number of fused-ring (bicyclic) bond motifs is 1. The lowest BCUT2D eigenvalue weighted by molar-refractivity contribution is -0.146. The fraction of sp³-hybridized carbons (Fsp3) is 0.786. The number of nitrogen functional groups attached to an aromatic ring is 1. The molecule has 1 aromatic heterocycles. The van der Waals surface area contributed by atoms with Crippen LogP contribution in [0, 0.1) is 5.92 Å². The molecule has 2 heterocycles. The van der Waals surface area contributed by atoms with Crippen molar-refractivity contribution in [3.8, 4) is 0 Å². The molecule has 2 fully saturated rings. The minimum atomic E-state index is -4.66. The van der Waals surface area contributed by atoms with Crippen LogP contribution in [0.15, 0.2) is 5.16 Å². The smallest absolute Gasteiger partial charge is 0.339 e. The van der Waals surface area contributed by atoms with Gasteiger partial charge in [-0.1, -0.05) is 24.6 Å². The van der Waals surface area contributed by atoms with E-state index in [-0.39, 0.29) is 22.9 Å². The Morgan fingerprint density at radius 3 is 2.62 bits per heavy atom. The number of hydrogen-bond donors (Lipinski definition) is 1. The maximum atomic E-state index is 12.6. The van der Waals surface area contributed by atoms with Crippen molar-refractivity contribution in [2.24, 2.45) is 5.92 Å². The second-order valence-corrected chi connectivity index (χ2v) is 7.25. The Morgan fingerprint density at radius 2 is 1.92 bits per heavy atom. The van der Waals surface area contributed by atoms with Gasteiger partial charge in [0.2, 0.25) is 11.1 Å². The van der Waals surface area contributed by atoms with E-state index in [0.717, 1.165) is 50.4 Å². The van der Waals surface area contributed by atoms with Crippen molar-refractivity contribution in [1.82, 2.24) is 19.8 Å². The van der Waals surface area contributed by atoms with Crippen LogP contribution in [0.2, 0.25) is 0 Å². The molecule has 1 aromatic rings. The van der Waals surface area contributed by atoms with Crippen molar-refractivity contribution in [3.05, 3.63) is 5.82 Å². The van der Waals surface area contributed by atoms with E-state index in [1.165, 1.54) is 6.42 Å². The van der Waals surface area contributed by atoms with Crippen molar-refractivity contribution in [2.75, 3.05) is 18.1 Å². The Kier molecular flexibility index (Phi) is 4.93. The third kappa shape index (κ3) is 3.47. The van der Waals surface area contributed by atoms with E-state index in [4.69, 9.17) is 5.84 Å². The molecule has 0 bridgehead atoms. The maximum Gasteiger partial charge on any atom is 0.453 e. The van der Waals surface area contributed by atoms with Crippen LogP contribution in [-0.2, 0) is 11.0 Å². The van der Waals surface area contributed by atoms with Gasteiger partial charge >= 0.3 is 6.18 Å². The maximum absolute atomic E-state index is 12.6. The first-order valence-corrected chi connectivity index (χ1v) is 9.06. The lowest BCUT2D eigenvalue weighted by Gasteiger charge is -2.44. The molecule has 1 aliphatic heterocycles. The van der Waals surface area contributed by atoms with Gasteiger partial charge in [0.15, 0.2) is 0 Å². The van der Waals surface area contributed by atoms with E-state index in [2.05, 4.69) is 10.2 Å². The summed E-state index contributed by atoms with van der Waals surface area (Å²) < 4.78 is 38.3. The van der Waals surface area contributed by atoms with Gasteiger partial charge in [0.05, 0.1) is 5.75 Å². The quantitative estimate of drug-likeness (QED) is 0.659. The Hall–Kier alpha value is -1.45. The zero-order chi connectivity index (χ0) is 17.3. The van der Waals surface area contributed by atoms with Crippen LogP contribution < -0.4 is 5.84 Å². The van der Waals surface area contributed by atoms with Crippen LogP contribution in [0.4, 0.5) is 13.2 Å². The van der Waals surface area contributed by atoms with Crippen LogP contribution in [-0.4, -0.2) is 44.0 Å². The molecule has 6 nitrogen and oxygen atoms in total. The van der Waals surface area contributed by atoms with Gasteiger partial charge < -0.3 is 10.7 Å². The highest BCUT2D eigenvalue weighted by atomic mass is 32.2. The van der Waals surface area contributed by atoms with E-state index in [9.17, 15) is 18.0 Å². The molecular weight excluding hydrogens is 343 g/mol. The van der Waals surface area contributed by atoms with Gasteiger partial charge in [-0.15, -0.1) is 10.2 Å². The molecular formula is C14H20F3N5OS. The molecule has 0 spiro atoms. The lowest BCUT2D eigenvalue weighted by Crippen LogP contribution is -2.50. The average Bonchev–Trinajstić information content (AvgIpc) is 2.93. The summed E-state index contributed by atoms with van der Waals surface area (Å²) in [4.78, 5) is 14.4. The van der Waals surface area contributed by atoms with Crippen LogP contribution >= 0.6 is 11.8 Å². The molecule has 3 rings (SSSR count). The number of carbonyl (C=O) groups excluding carboxylic acids is 1. The molecule has 0 radical (unpaired) electrons. The predicted molar refractivity (Wildman–Crippen MR) is 82.6 cm³/mol. The monoisotopic (exact) mass is 363 g/mol. The number of thioether (sulfide) groups is 1. The molecule has 2 N–H and O–H groups in total. The van der Waals surface area contributed by atoms with Crippen LogP contribution in [0.5, 0.6) is 0 Å². The summed E-state index contributed by atoms with van der Waals surface area (Å²) in [6.07, 6.45) is 2.02. The van der Waals surface area contributed by atoms with Crippen LogP contribution in [0.1, 0.15) is 44.3 Å². The first kappa shape index (κ1) is 17.4. The molecule has 1 saturated carbocycles. The van der Waals surface area contributed by atoms with Crippen LogP contribution in [0.25, 0.3) is 0 Å². The summed E-state index contributed by atoms with van der Waals surface area (Å²) in [5.74, 6) is 4.65. The number of hydrogen-bond acceptors (Lipinski definition) is 5. The summed E-state index contributed by atoms with van der Waals surface area (Å²) in [6.45, 7) is 0.726. The minimum absolute atomic E-state index is 0.0242. The van der Waals surface area contributed by atoms with Crippen molar-refractivity contribution < 1.29 is 18.0 Å². The molecule has 0 aromatic carbocycles. The largest absolute Gasteiger partial charge is 0.453 e. The van der Waals surface area contributed by atoms with E-state index >= 15 is 0 Å². The normalized spacial score (nSPS) is 24.7. The molecule has 1 saturated heterocycles. The third-order valence-electron chi connectivity index (χ3n) is 4.81. The number of halogens is 3. The van der Waals surface area contributed by atoms with Gasteiger partial charge in [-0.05, 0) is 31.6 Å². The van der Waals surface area contributed by atoms with Gasteiger partial charge in [0.25, 0.3) is 5.82 Å². The standard InChI is InChI=1S/C14H20F3N5OS/c15-14(16,17)12-19-20-13(22(12)18)24-8-11(23)21-7-3-5-9-4-1-2-6-10(9)21/h9-10H,1-8,18H2. The molecule has 1 amide bonds. The minimum Gasteiger partial charge on any atom is -0.339 e. The number of alkyl halides is 3. The SMILES string of the molecule is Nn1c(SCC(=O)N2CCCC3CCCCC32)nnc1C(F)(F)F. The fourth-order valence-electron chi connectivity index (χ4n) is 3.71. The molecule has 10 heteroatoms. The topological polar surface area (TPSA) is 77.0 Å². The predicted octanol–water partition coefficient (Wildman–Crippen LogP) is 2.28. The third-order valence-corrected chi connectivity index (χ3v) is 5.73. The van der Waals surface area contributed by atoms with Crippen molar-refractivity contribution >= 4 is 17.7 Å². The van der Waals surface area contributed by atoms with Gasteiger partial charge in [-0.25, -0.2) is 4.68 Å². The van der Waals surface area contributed by atoms with Gasteiger partial charge in [-0.3, -0.25) is 4.79 Å². The first-order chi connectivity index (χ1) is 11.4. The second-order valence-electron chi connectivity index (χ2n) is 6.30. The highest BCUT2D eigenvalue weighted by Crippen LogP contribution is 2.36.